The van der Waals surface area contributed by atoms with E-state index in [4.69, 9.17) is 11.6 Å². The zero-order valence-corrected chi connectivity index (χ0v) is 17.3. The first kappa shape index (κ1) is 20.5. The van der Waals surface area contributed by atoms with Crippen LogP contribution < -0.4 is 4.90 Å². The van der Waals surface area contributed by atoms with Crippen molar-refractivity contribution >= 4 is 34.0 Å². The van der Waals surface area contributed by atoms with Crippen molar-refractivity contribution in [1.82, 2.24) is 19.6 Å². The fraction of sp³-hybridized carbons (Fsp3) is 0.238. The Kier molecular flexibility index (Phi) is 4.69. The normalized spacial score (nSPS) is 14.4. The molecule has 4 aromatic rings. The van der Waals surface area contributed by atoms with E-state index < -0.39 is 24.0 Å². The minimum atomic E-state index is -2.98. The van der Waals surface area contributed by atoms with E-state index in [1.54, 1.807) is 24.0 Å². The summed E-state index contributed by atoms with van der Waals surface area (Å²) in [7, 11) is 0. The van der Waals surface area contributed by atoms with Crippen molar-refractivity contribution in [2.45, 2.75) is 19.5 Å². The number of nitriles is 1. The molecule has 32 heavy (non-hydrogen) atoms. The highest BCUT2D eigenvalue weighted by Gasteiger charge is 2.33. The van der Waals surface area contributed by atoms with Gasteiger partial charge in [-0.25, -0.2) is 18.2 Å². The molecular weight excluding hydrogens is 445 g/mol. The Morgan fingerprint density at radius 3 is 2.72 bits per heavy atom. The number of fused-ring (bicyclic) bond motifs is 2. The van der Waals surface area contributed by atoms with Gasteiger partial charge < -0.3 is 10.0 Å². The first-order valence-corrected chi connectivity index (χ1v) is 9.96. The summed E-state index contributed by atoms with van der Waals surface area (Å²) in [4.78, 5) is 10.3. The van der Waals surface area contributed by atoms with Gasteiger partial charge in [-0.05, 0) is 25.1 Å². The van der Waals surface area contributed by atoms with Crippen LogP contribution in [0.1, 0.15) is 23.4 Å². The molecule has 4 heterocycles. The van der Waals surface area contributed by atoms with E-state index in [1.807, 2.05) is 0 Å². The summed E-state index contributed by atoms with van der Waals surface area (Å²) < 4.78 is 43.3. The summed E-state index contributed by atoms with van der Waals surface area (Å²) >= 11 is 5.98. The number of nitrogens with zero attached hydrogens (tertiary/aromatic N) is 6. The summed E-state index contributed by atoms with van der Waals surface area (Å²) in [5, 5.41) is 23.7. The number of pyridine rings is 1. The molecule has 0 spiro atoms. The van der Waals surface area contributed by atoms with E-state index in [0.717, 1.165) is 0 Å². The standard InChI is InChI=1S/C21H14ClF3N6O/c1-9-16(12-2-3-27-15-5-10(22)4-14(23)17(12)15)21(30-7-11(32)8-30)31-20(28-9)13(6-26)18(29-31)19(24)25/h2-5,11,19,32H,7-8H2,1H3. The van der Waals surface area contributed by atoms with Crippen molar-refractivity contribution in [2.75, 3.05) is 18.0 Å². The van der Waals surface area contributed by atoms with Crippen molar-refractivity contribution in [3.63, 3.8) is 0 Å². The van der Waals surface area contributed by atoms with Crippen molar-refractivity contribution in [2.24, 2.45) is 0 Å². The van der Waals surface area contributed by atoms with Gasteiger partial charge in [0.1, 0.15) is 29.0 Å². The lowest BCUT2D eigenvalue weighted by Gasteiger charge is -2.39. The van der Waals surface area contributed by atoms with E-state index in [-0.39, 0.29) is 34.7 Å². The van der Waals surface area contributed by atoms with Gasteiger partial charge in [0.05, 0.1) is 17.3 Å². The molecule has 11 heteroatoms. The molecule has 0 radical (unpaired) electrons. The zero-order valence-electron chi connectivity index (χ0n) is 16.5. The van der Waals surface area contributed by atoms with Gasteiger partial charge in [-0.1, -0.05) is 11.6 Å². The second-order valence-electron chi connectivity index (χ2n) is 7.50. The zero-order chi connectivity index (χ0) is 22.7. The Morgan fingerprint density at radius 1 is 1.31 bits per heavy atom. The van der Waals surface area contributed by atoms with Gasteiger partial charge in [0, 0.05) is 40.8 Å². The Hall–Kier alpha value is -3.42. The maximum atomic E-state index is 15.0. The molecule has 0 aliphatic carbocycles. The van der Waals surface area contributed by atoms with Gasteiger partial charge in [0.25, 0.3) is 6.43 Å². The second kappa shape index (κ2) is 7.32. The number of rotatable bonds is 3. The number of hydrogen-bond donors (Lipinski definition) is 1. The van der Waals surface area contributed by atoms with Crippen LogP contribution in [0.3, 0.4) is 0 Å². The van der Waals surface area contributed by atoms with Gasteiger partial charge in [-0.2, -0.15) is 14.9 Å². The Balaban J connectivity index is 1.91. The van der Waals surface area contributed by atoms with E-state index >= 15 is 0 Å². The average molecular weight is 459 g/mol. The summed E-state index contributed by atoms with van der Waals surface area (Å²) in [6, 6.07) is 6.05. The van der Waals surface area contributed by atoms with Gasteiger partial charge in [0.15, 0.2) is 5.65 Å². The molecule has 1 saturated heterocycles. The fourth-order valence-electron chi connectivity index (χ4n) is 4.07. The van der Waals surface area contributed by atoms with E-state index in [9.17, 15) is 23.5 Å². The third kappa shape index (κ3) is 2.97. The minimum Gasteiger partial charge on any atom is -0.389 e. The van der Waals surface area contributed by atoms with E-state index in [1.165, 1.54) is 22.8 Å². The molecule has 1 fully saturated rings. The van der Waals surface area contributed by atoms with Crippen LogP contribution in [-0.4, -0.2) is 43.9 Å². The van der Waals surface area contributed by atoms with Crippen LogP contribution >= 0.6 is 11.6 Å². The molecular formula is C21H14ClF3N6O. The molecule has 7 nitrogen and oxygen atoms in total. The molecule has 5 rings (SSSR count). The number of halogens is 4. The monoisotopic (exact) mass is 458 g/mol. The number of β-amino-alcohol motifs (C(OH)–C–C–N with tert-alkyl or cyclic N) is 1. The molecule has 3 aromatic heterocycles. The highest BCUT2D eigenvalue weighted by atomic mass is 35.5. The number of aliphatic hydroxyl groups is 1. The highest BCUT2D eigenvalue weighted by Crippen LogP contribution is 2.41. The van der Waals surface area contributed by atoms with Crippen molar-refractivity contribution in [3.05, 3.63) is 52.2 Å². The largest absolute Gasteiger partial charge is 0.389 e. The number of alkyl halides is 2. The molecule has 1 aliphatic rings. The first-order valence-electron chi connectivity index (χ1n) is 9.58. The van der Waals surface area contributed by atoms with Gasteiger partial charge in [-0.15, -0.1) is 0 Å². The average Bonchev–Trinajstić information content (AvgIpc) is 3.08. The highest BCUT2D eigenvalue weighted by molar-refractivity contribution is 6.31. The van der Waals surface area contributed by atoms with Gasteiger partial charge in [0.2, 0.25) is 0 Å². The Labute approximate surface area is 184 Å². The fourth-order valence-corrected chi connectivity index (χ4v) is 4.27. The van der Waals surface area contributed by atoms with E-state index in [2.05, 4.69) is 15.1 Å². The lowest BCUT2D eigenvalue weighted by molar-refractivity contribution is 0.140. The maximum Gasteiger partial charge on any atom is 0.283 e. The number of benzene rings is 1. The van der Waals surface area contributed by atoms with Crippen LogP contribution in [0.15, 0.2) is 24.4 Å². The Bertz CT molecular complexity index is 1440. The molecule has 0 unspecified atom stereocenters. The lowest BCUT2D eigenvalue weighted by Crippen LogP contribution is -2.51. The molecule has 0 bridgehead atoms. The van der Waals surface area contributed by atoms with Crippen LogP contribution in [0.2, 0.25) is 5.02 Å². The predicted molar refractivity (Wildman–Crippen MR) is 111 cm³/mol. The van der Waals surface area contributed by atoms with Crippen molar-refractivity contribution in [3.8, 4) is 17.2 Å². The minimum absolute atomic E-state index is 0.0256. The number of aromatic nitrogens is 4. The number of hydrogen-bond acceptors (Lipinski definition) is 6. The van der Waals surface area contributed by atoms with Crippen molar-refractivity contribution < 1.29 is 18.3 Å². The summed E-state index contributed by atoms with van der Waals surface area (Å²) in [5.74, 6) is -0.265. The topological polar surface area (TPSA) is 90.3 Å². The molecule has 162 valence electrons. The molecule has 0 saturated carbocycles. The van der Waals surface area contributed by atoms with Gasteiger partial charge in [-0.3, -0.25) is 4.98 Å². The predicted octanol–water partition coefficient (Wildman–Crippen LogP) is 4.04. The number of aryl methyl sites for hydroxylation is 1. The SMILES string of the molecule is Cc1nc2c(C#N)c(C(F)F)nn2c(N2CC(O)C2)c1-c1ccnc2cc(Cl)cc(F)c12. The smallest absolute Gasteiger partial charge is 0.283 e. The summed E-state index contributed by atoms with van der Waals surface area (Å²) in [6.45, 7) is 2.08. The number of anilines is 1. The summed E-state index contributed by atoms with van der Waals surface area (Å²) in [6.07, 6.45) is -2.11. The first-order chi connectivity index (χ1) is 15.3. The maximum absolute atomic E-state index is 15.0. The van der Waals surface area contributed by atoms with E-state index in [0.29, 0.717) is 28.2 Å². The molecule has 0 amide bonds. The molecule has 1 N–H and O–H groups in total. The Morgan fingerprint density at radius 2 is 2.06 bits per heavy atom. The third-order valence-electron chi connectivity index (χ3n) is 5.46. The second-order valence-corrected chi connectivity index (χ2v) is 7.94. The lowest BCUT2D eigenvalue weighted by atomic mass is 9.98. The van der Waals surface area contributed by atoms with Gasteiger partial charge >= 0.3 is 0 Å². The van der Waals surface area contributed by atoms with Crippen LogP contribution in [0, 0.1) is 24.1 Å². The van der Waals surface area contributed by atoms with Crippen LogP contribution in [-0.2, 0) is 0 Å². The van der Waals surface area contributed by atoms with Crippen LogP contribution in [0.4, 0.5) is 19.0 Å². The van der Waals surface area contributed by atoms with Crippen LogP contribution in [0.5, 0.6) is 0 Å². The number of aliphatic hydroxyl groups excluding tert-OH is 1. The summed E-state index contributed by atoms with van der Waals surface area (Å²) in [5.41, 5.74) is 0.514. The quantitative estimate of drug-likeness (QED) is 0.498. The van der Waals surface area contributed by atoms with Crippen molar-refractivity contribution in [1.29, 1.82) is 5.26 Å². The van der Waals surface area contributed by atoms with Crippen LogP contribution in [0.25, 0.3) is 27.7 Å². The molecule has 1 aromatic carbocycles. The molecule has 0 atom stereocenters. The third-order valence-corrected chi connectivity index (χ3v) is 5.67. The molecule has 1 aliphatic heterocycles.